The van der Waals surface area contributed by atoms with E-state index in [0.717, 1.165) is 23.4 Å². The summed E-state index contributed by atoms with van der Waals surface area (Å²) in [5.41, 5.74) is 2.10. The molecule has 1 amide bonds. The molecule has 104 valence electrons. The third-order valence-corrected chi connectivity index (χ3v) is 5.98. The van der Waals surface area contributed by atoms with Crippen LogP contribution >= 0.6 is 22.7 Å². The van der Waals surface area contributed by atoms with Crippen LogP contribution in [-0.2, 0) is 12.8 Å². The van der Waals surface area contributed by atoms with Crippen molar-refractivity contribution in [3.8, 4) is 0 Å². The number of rotatable bonds is 3. The summed E-state index contributed by atoms with van der Waals surface area (Å²) in [5, 5.41) is 14.8. The zero-order valence-corrected chi connectivity index (χ0v) is 12.6. The fourth-order valence-corrected chi connectivity index (χ4v) is 4.66. The van der Waals surface area contributed by atoms with E-state index in [-0.39, 0.29) is 5.91 Å². The Balaban J connectivity index is 1.53. The minimum absolute atomic E-state index is 0.0251. The number of amides is 1. The van der Waals surface area contributed by atoms with Crippen LogP contribution in [0.1, 0.15) is 57.4 Å². The summed E-state index contributed by atoms with van der Waals surface area (Å²) < 4.78 is 0. The highest BCUT2D eigenvalue weighted by atomic mass is 32.1. The number of aryl methyl sites for hydroxylation is 1. The molecule has 0 spiro atoms. The van der Waals surface area contributed by atoms with Crippen LogP contribution in [0.15, 0.2) is 5.38 Å². The maximum atomic E-state index is 12.4. The molecule has 2 heterocycles. The molecule has 2 aliphatic carbocycles. The Bertz CT molecular complexity index is 657. The summed E-state index contributed by atoms with van der Waals surface area (Å²) in [7, 11) is 0. The van der Waals surface area contributed by atoms with Crippen LogP contribution < -0.4 is 5.32 Å². The lowest BCUT2D eigenvalue weighted by atomic mass is 9.96. The van der Waals surface area contributed by atoms with E-state index in [2.05, 4.69) is 15.5 Å². The third-order valence-electron chi connectivity index (χ3n) is 3.89. The van der Waals surface area contributed by atoms with Gasteiger partial charge in [-0.2, -0.15) is 0 Å². The lowest BCUT2D eigenvalue weighted by molar-refractivity contribution is 0.102. The molecule has 2 aliphatic rings. The monoisotopic (exact) mass is 305 g/mol. The molecule has 0 atom stereocenters. The lowest BCUT2D eigenvalue weighted by Gasteiger charge is -2.12. The van der Waals surface area contributed by atoms with Gasteiger partial charge < -0.3 is 0 Å². The zero-order valence-electron chi connectivity index (χ0n) is 11.0. The number of hydrogen-bond donors (Lipinski definition) is 1. The smallest absolute Gasteiger partial charge is 0.258 e. The highest BCUT2D eigenvalue weighted by Crippen LogP contribution is 2.42. The Kier molecular flexibility index (Phi) is 3.07. The summed E-state index contributed by atoms with van der Waals surface area (Å²) in [6.45, 7) is 0. The highest BCUT2D eigenvalue weighted by Gasteiger charge is 2.28. The van der Waals surface area contributed by atoms with Gasteiger partial charge in [0.2, 0.25) is 5.13 Å². The molecule has 4 nitrogen and oxygen atoms in total. The van der Waals surface area contributed by atoms with Crippen molar-refractivity contribution in [2.24, 2.45) is 0 Å². The van der Waals surface area contributed by atoms with Gasteiger partial charge in [0.1, 0.15) is 5.01 Å². The van der Waals surface area contributed by atoms with Crippen LogP contribution in [0.2, 0.25) is 0 Å². The molecule has 2 aromatic heterocycles. The van der Waals surface area contributed by atoms with Crippen LogP contribution in [0.25, 0.3) is 0 Å². The maximum absolute atomic E-state index is 12.4. The molecular weight excluding hydrogens is 290 g/mol. The molecule has 0 radical (unpaired) electrons. The van der Waals surface area contributed by atoms with Crippen molar-refractivity contribution in [2.45, 2.75) is 44.4 Å². The van der Waals surface area contributed by atoms with Gasteiger partial charge in [-0.05, 0) is 44.1 Å². The number of nitrogens with zero attached hydrogens (tertiary/aromatic N) is 2. The largest absolute Gasteiger partial charge is 0.296 e. The van der Waals surface area contributed by atoms with Crippen molar-refractivity contribution in [3.63, 3.8) is 0 Å². The van der Waals surface area contributed by atoms with Gasteiger partial charge in [-0.25, -0.2) is 0 Å². The van der Waals surface area contributed by atoms with E-state index in [1.165, 1.54) is 47.5 Å². The minimum atomic E-state index is -0.0251. The van der Waals surface area contributed by atoms with Gasteiger partial charge in [0.25, 0.3) is 5.91 Å². The second-order valence-electron chi connectivity index (χ2n) is 5.43. The molecule has 0 bridgehead atoms. The lowest BCUT2D eigenvalue weighted by Crippen LogP contribution is -2.14. The number of anilines is 1. The van der Waals surface area contributed by atoms with Gasteiger partial charge in [-0.3, -0.25) is 10.1 Å². The van der Waals surface area contributed by atoms with Crippen molar-refractivity contribution in [1.82, 2.24) is 10.2 Å². The van der Waals surface area contributed by atoms with E-state index in [1.54, 1.807) is 11.3 Å². The molecule has 1 N–H and O–H groups in total. The van der Waals surface area contributed by atoms with Gasteiger partial charge in [0.05, 0.1) is 5.56 Å². The van der Waals surface area contributed by atoms with Crippen molar-refractivity contribution in [3.05, 3.63) is 26.4 Å². The van der Waals surface area contributed by atoms with Gasteiger partial charge in [-0.1, -0.05) is 11.3 Å². The molecule has 1 fully saturated rings. The number of carbonyl (C=O) groups excluding carboxylic acids is 1. The fraction of sp³-hybridized carbons (Fsp3) is 0.500. The molecule has 6 heteroatoms. The molecular formula is C14H15N3OS2. The summed E-state index contributed by atoms with van der Waals surface area (Å²) in [4.78, 5) is 13.8. The minimum Gasteiger partial charge on any atom is -0.296 e. The van der Waals surface area contributed by atoms with Crippen LogP contribution in [0, 0.1) is 0 Å². The van der Waals surface area contributed by atoms with E-state index >= 15 is 0 Å². The SMILES string of the molecule is O=C(Nc1nnc(C2CC2)s1)c1csc2c1CCCC2. The summed E-state index contributed by atoms with van der Waals surface area (Å²) >= 11 is 3.23. The van der Waals surface area contributed by atoms with E-state index in [4.69, 9.17) is 0 Å². The molecule has 0 aromatic carbocycles. The standard InChI is InChI=1S/C14H15N3OS2/c18-12(10-7-19-11-4-2-1-3-9(10)11)15-14-17-16-13(20-14)8-5-6-8/h7-8H,1-6H2,(H,15,17,18). The molecule has 4 rings (SSSR count). The molecule has 0 saturated heterocycles. The first-order valence-corrected chi connectivity index (χ1v) is 8.75. The first kappa shape index (κ1) is 12.5. The molecule has 0 aliphatic heterocycles. The van der Waals surface area contributed by atoms with Crippen LogP contribution in [0.3, 0.4) is 0 Å². The number of carbonyl (C=O) groups is 1. The van der Waals surface area contributed by atoms with E-state index in [0.29, 0.717) is 11.0 Å². The Morgan fingerprint density at radius 2 is 2.10 bits per heavy atom. The normalized spacial score (nSPS) is 17.8. The summed E-state index contributed by atoms with van der Waals surface area (Å²) in [5.74, 6) is 0.565. The van der Waals surface area contributed by atoms with Crippen molar-refractivity contribution >= 4 is 33.7 Å². The zero-order chi connectivity index (χ0) is 13.5. The fourth-order valence-electron chi connectivity index (χ4n) is 2.63. The van der Waals surface area contributed by atoms with Crippen LogP contribution in [-0.4, -0.2) is 16.1 Å². The first-order chi connectivity index (χ1) is 9.81. The average Bonchev–Trinajstić information content (AvgIpc) is 3.06. The first-order valence-electron chi connectivity index (χ1n) is 7.05. The molecule has 0 unspecified atom stereocenters. The Hall–Kier alpha value is -1.27. The number of hydrogen-bond acceptors (Lipinski definition) is 5. The van der Waals surface area contributed by atoms with Crippen molar-refractivity contribution in [1.29, 1.82) is 0 Å². The highest BCUT2D eigenvalue weighted by molar-refractivity contribution is 7.15. The van der Waals surface area contributed by atoms with E-state index < -0.39 is 0 Å². The van der Waals surface area contributed by atoms with Gasteiger partial charge >= 0.3 is 0 Å². The molecule has 1 saturated carbocycles. The molecule has 2 aromatic rings. The van der Waals surface area contributed by atoms with Gasteiger partial charge in [-0.15, -0.1) is 21.5 Å². The van der Waals surface area contributed by atoms with Crippen LogP contribution in [0.5, 0.6) is 0 Å². The van der Waals surface area contributed by atoms with Crippen molar-refractivity contribution < 1.29 is 4.79 Å². The predicted octanol–water partition coefficient (Wildman–Crippen LogP) is 3.61. The number of aromatic nitrogens is 2. The predicted molar refractivity (Wildman–Crippen MR) is 80.8 cm³/mol. The van der Waals surface area contributed by atoms with Crippen LogP contribution in [0.4, 0.5) is 5.13 Å². The quantitative estimate of drug-likeness (QED) is 0.942. The second kappa shape index (κ2) is 4.93. The van der Waals surface area contributed by atoms with Crippen molar-refractivity contribution in [2.75, 3.05) is 5.32 Å². The third kappa shape index (κ3) is 2.27. The topological polar surface area (TPSA) is 54.9 Å². The molecule has 20 heavy (non-hydrogen) atoms. The van der Waals surface area contributed by atoms with Gasteiger partial charge in [0, 0.05) is 16.2 Å². The Labute approximate surface area is 125 Å². The Morgan fingerprint density at radius 3 is 2.95 bits per heavy atom. The Morgan fingerprint density at radius 1 is 1.25 bits per heavy atom. The van der Waals surface area contributed by atoms with Gasteiger partial charge in [0.15, 0.2) is 0 Å². The summed E-state index contributed by atoms with van der Waals surface area (Å²) in [6.07, 6.45) is 7.01. The maximum Gasteiger partial charge on any atom is 0.258 e. The number of nitrogens with one attached hydrogen (secondary N) is 1. The number of thiophene rings is 1. The number of fused-ring (bicyclic) bond motifs is 1. The van der Waals surface area contributed by atoms with E-state index in [1.807, 2.05) is 5.38 Å². The average molecular weight is 305 g/mol. The van der Waals surface area contributed by atoms with E-state index in [9.17, 15) is 4.79 Å². The summed E-state index contributed by atoms with van der Waals surface area (Å²) in [6, 6.07) is 0. The second-order valence-corrected chi connectivity index (χ2v) is 7.41.